The van der Waals surface area contributed by atoms with Crippen LogP contribution in [-0.4, -0.2) is 26.7 Å². The molecule has 8 heteroatoms. The molecule has 0 aliphatic heterocycles. The smallest absolute Gasteiger partial charge is 0.318 e. The number of aryl methyl sites for hydroxylation is 1. The van der Waals surface area contributed by atoms with Gasteiger partial charge >= 0.3 is 6.03 Å². The van der Waals surface area contributed by atoms with Crippen LogP contribution >= 0.6 is 11.8 Å². The Morgan fingerprint density at radius 3 is 2.54 bits per heavy atom. The molecule has 1 aromatic carbocycles. The van der Waals surface area contributed by atoms with E-state index in [0.29, 0.717) is 11.2 Å². The number of hydrogen-bond acceptors (Lipinski definition) is 5. The number of imide groups is 1. The summed E-state index contributed by atoms with van der Waals surface area (Å²) in [6.07, 6.45) is 5.83. The summed E-state index contributed by atoms with van der Waals surface area (Å²) >= 11 is 1.30. The molecule has 1 atom stereocenters. The highest BCUT2D eigenvalue weighted by molar-refractivity contribution is 8.00. The van der Waals surface area contributed by atoms with Crippen molar-refractivity contribution in [2.24, 2.45) is 5.73 Å². The van der Waals surface area contributed by atoms with Crippen LogP contribution in [0.4, 0.5) is 4.79 Å². The second-order valence-corrected chi connectivity index (χ2v) is 7.53. The van der Waals surface area contributed by atoms with Crippen LogP contribution in [-0.2, 0) is 4.79 Å². The fraction of sp³-hybridized carbons (Fsp3) is 0.444. The Morgan fingerprint density at radius 2 is 1.88 bits per heavy atom. The summed E-state index contributed by atoms with van der Waals surface area (Å²) in [5, 5.41) is 10.8. The SMILES string of the molecule is Cc1nnc(S[C@H](C(=O)NC(N)=O)c2ccccc2)n1C1CCCCC1. The number of amides is 3. The summed E-state index contributed by atoms with van der Waals surface area (Å²) in [7, 11) is 0. The van der Waals surface area contributed by atoms with Gasteiger partial charge in [0.25, 0.3) is 0 Å². The number of carbonyl (C=O) groups is 2. The Labute approximate surface area is 156 Å². The van der Waals surface area contributed by atoms with Gasteiger partial charge < -0.3 is 10.3 Å². The van der Waals surface area contributed by atoms with E-state index in [4.69, 9.17) is 5.73 Å². The average molecular weight is 373 g/mol. The molecule has 7 nitrogen and oxygen atoms in total. The highest BCUT2D eigenvalue weighted by atomic mass is 32.2. The van der Waals surface area contributed by atoms with Gasteiger partial charge in [-0.2, -0.15) is 0 Å². The number of carbonyl (C=O) groups excluding carboxylic acids is 2. The van der Waals surface area contributed by atoms with Crippen molar-refractivity contribution in [2.45, 2.75) is 55.5 Å². The molecule has 1 saturated carbocycles. The molecule has 1 aliphatic carbocycles. The fourth-order valence-electron chi connectivity index (χ4n) is 3.38. The molecule has 2 aromatic rings. The lowest BCUT2D eigenvalue weighted by molar-refractivity contribution is -0.119. The molecule has 0 radical (unpaired) electrons. The number of benzene rings is 1. The zero-order chi connectivity index (χ0) is 18.5. The first-order chi connectivity index (χ1) is 12.6. The second-order valence-electron chi connectivity index (χ2n) is 6.45. The maximum atomic E-state index is 12.6. The van der Waals surface area contributed by atoms with Crippen LogP contribution < -0.4 is 11.1 Å². The highest BCUT2D eigenvalue weighted by Gasteiger charge is 2.28. The zero-order valence-electron chi connectivity index (χ0n) is 14.7. The topological polar surface area (TPSA) is 103 Å². The third kappa shape index (κ3) is 4.24. The Hall–Kier alpha value is -2.35. The van der Waals surface area contributed by atoms with Crippen LogP contribution in [0, 0.1) is 6.92 Å². The first-order valence-electron chi connectivity index (χ1n) is 8.79. The number of urea groups is 1. The molecule has 26 heavy (non-hydrogen) atoms. The number of primary amides is 1. The summed E-state index contributed by atoms with van der Waals surface area (Å²) in [4.78, 5) is 23.7. The van der Waals surface area contributed by atoms with E-state index in [9.17, 15) is 9.59 Å². The molecule has 0 bridgehead atoms. The van der Waals surface area contributed by atoms with E-state index in [2.05, 4.69) is 20.1 Å². The van der Waals surface area contributed by atoms with Crippen LogP contribution in [0.2, 0.25) is 0 Å². The predicted octanol–water partition coefficient (Wildman–Crippen LogP) is 3.12. The van der Waals surface area contributed by atoms with Crippen molar-refractivity contribution < 1.29 is 9.59 Å². The first-order valence-corrected chi connectivity index (χ1v) is 9.67. The van der Waals surface area contributed by atoms with E-state index in [1.807, 2.05) is 37.3 Å². The van der Waals surface area contributed by atoms with E-state index < -0.39 is 17.2 Å². The summed E-state index contributed by atoms with van der Waals surface area (Å²) < 4.78 is 2.14. The largest absolute Gasteiger partial charge is 0.351 e. The normalized spacial score (nSPS) is 16.2. The number of hydrogen-bond donors (Lipinski definition) is 2. The molecule has 138 valence electrons. The third-order valence-electron chi connectivity index (χ3n) is 4.58. The number of nitrogens with two attached hydrogens (primary N) is 1. The van der Waals surface area contributed by atoms with Crippen molar-refractivity contribution in [3.63, 3.8) is 0 Å². The molecule has 3 amide bonds. The van der Waals surface area contributed by atoms with Gasteiger partial charge in [-0.25, -0.2) is 4.79 Å². The lowest BCUT2D eigenvalue weighted by Crippen LogP contribution is -2.37. The molecule has 0 unspecified atom stereocenters. The fourth-order valence-corrected chi connectivity index (χ4v) is 4.54. The van der Waals surface area contributed by atoms with Gasteiger partial charge in [0.1, 0.15) is 11.1 Å². The minimum atomic E-state index is -0.860. The van der Waals surface area contributed by atoms with Gasteiger partial charge in [0, 0.05) is 6.04 Å². The highest BCUT2D eigenvalue weighted by Crippen LogP contribution is 2.38. The maximum absolute atomic E-state index is 12.6. The molecule has 1 fully saturated rings. The molecule has 0 saturated heterocycles. The Morgan fingerprint density at radius 1 is 1.19 bits per heavy atom. The van der Waals surface area contributed by atoms with E-state index in [1.165, 1.54) is 31.0 Å². The van der Waals surface area contributed by atoms with Gasteiger partial charge in [-0.3, -0.25) is 10.1 Å². The molecular weight excluding hydrogens is 350 g/mol. The van der Waals surface area contributed by atoms with Crippen molar-refractivity contribution in [1.82, 2.24) is 20.1 Å². The van der Waals surface area contributed by atoms with Crippen LogP contribution in [0.5, 0.6) is 0 Å². The molecule has 3 rings (SSSR count). The molecule has 3 N–H and O–H groups in total. The number of aromatic nitrogens is 3. The van der Waals surface area contributed by atoms with Gasteiger partial charge in [0.05, 0.1) is 0 Å². The molecule has 1 aliphatic rings. The van der Waals surface area contributed by atoms with Crippen molar-refractivity contribution in [1.29, 1.82) is 0 Å². The quantitative estimate of drug-likeness (QED) is 0.784. The number of nitrogens with zero attached hydrogens (tertiary/aromatic N) is 3. The third-order valence-corrected chi connectivity index (χ3v) is 5.80. The van der Waals surface area contributed by atoms with E-state index >= 15 is 0 Å². The van der Waals surface area contributed by atoms with Gasteiger partial charge in [-0.1, -0.05) is 61.4 Å². The van der Waals surface area contributed by atoms with Crippen LogP contribution in [0.25, 0.3) is 0 Å². The summed E-state index contributed by atoms with van der Waals surface area (Å²) in [5.41, 5.74) is 5.92. The molecule has 0 spiro atoms. The van der Waals surface area contributed by atoms with Crippen molar-refractivity contribution in [3.8, 4) is 0 Å². The summed E-state index contributed by atoms with van der Waals surface area (Å²) in [6.45, 7) is 1.94. The Bertz CT molecular complexity index is 771. The molecule has 1 heterocycles. The predicted molar refractivity (Wildman–Crippen MR) is 99.6 cm³/mol. The van der Waals surface area contributed by atoms with Gasteiger partial charge in [0.2, 0.25) is 5.91 Å². The number of rotatable bonds is 5. The monoisotopic (exact) mass is 373 g/mol. The van der Waals surface area contributed by atoms with Gasteiger partial charge in [0.15, 0.2) is 5.16 Å². The van der Waals surface area contributed by atoms with Crippen LogP contribution in [0.3, 0.4) is 0 Å². The molecule has 1 aromatic heterocycles. The zero-order valence-corrected chi connectivity index (χ0v) is 15.5. The minimum absolute atomic E-state index is 0.358. The van der Waals surface area contributed by atoms with Gasteiger partial charge in [-0.05, 0) is 25.3 Å². The number of nitrogens with one attached hydrogen (secondary N) is 1. The molecular formula is C18H23N5O2S. The Kier molecular flexibility index (Phi) is 5.92. The van der Waals surface area contributed by atoms with Crippen LogP contribution in [0.15, 0.2) is 35.5 Å². The average Bonchev–Trinajstić information content (AvgIpc) is 3.01. The maximum Gasteiger partial charge on any atom is 0.318 e. The van der Waals surface area contributed by atoms with E-state index in [1.54, 1.807) is 0 Å². The summed E-state index contributed by atoms with van der Waals surface area (Å²) in [5.74, 6) is 0.395. The second kappa shape index (κ2) is 8.35. The van der Waals surface area contributed by atoms with Crippen molar-refractivity contribution in [2.75, 3.05) is 0 Å². The Balaban J connectivity index is 1.90. The van der Waals surface area contributed by atoms with Gasteiger partial charge in [-0.15, -0.1) is 10.2 Å². The van der Waals surface area contributed by atoms with E-state index in [0.717, 1.165) is 24.2 Å². The van der Waals surface area contributed by atoms with Crippen LogP contribution in [0.1, 0.15) is 54.8 Å². The minimum Gasteiger partial charge on any atom is -0.351 e. The number of thioether (sulfide) groups is 1. The van der Waals surface area contributed by atoms with E-state index in [-0.39, 0.29) is 0 Å². The van der Waals surface area contributed by atoms with Crippen molar-refractivity contribution in [3.05, 3.63) is 41.7 Å². The lowest BCUT2D eigenvalue weighted by atomic mass is 9.95. The first kappa shape index (κ1) is 18.4. The lowest BCUT2D eigenvalue weighted by Gasteiger charge is -2.25. The standard InChI is InChI=1S/C18H23N5O2S/c1-12-21-22-18(23(12)14-10-6-3-7-11-14)26-15(16(24)20-17(19)25)13-8-4-2-5-9-13/h2,4-5,8-9,14-15H,3,6-7,10-11H2,1H3,(H3,19,20,24,25)/t15-/m0/s1. The summed E-state index contributed by atoms with van der Waals surface area (Å²) in [6, 6.07) is 8.80. The van der Waals surface area contributed by atoms with Crippen molar-refractivity contribution >= 4 is 23.7 Å².